The molecule has 0 radical (unpaired) electrons. The summed E-state index contributed by atoms with van der Waals surface area (Å²) in [5.41, 5.74) is 2.51. The Morgan fingerprint density at radius 2 is 2.06 bits per heavy atom. The largest absolute Gasteiger partial charge is 0.486 e. The smallest absolute Gasteiger partial charge is 0.277 e. The summed E-state index contributed by atoms with van der Waals surface area (Å²) in [7, 11) is 0. The molecule has 4 heterocycles. The van der Waals surface area contributed by atoms with E-state index in [-0.39, 0.29) is 17.7 Å². The van der Waals surface area contributed by atoms with Gasteiger partial charge >= 0.3 is 0 Å². The maximum atomic E-state index is 13.1. The van der Waals surface area contributed by atoms with Gasteiger partial charge in [0.15, 0.2) is 11.5 Å². The summed E-state index contributed by atoms with van der Waals surface area (Å²) < 4.78 is 17.3. The van der Waals surface area contributed by atoms with Crippen LogP contribution >= 0.6 is 23.1 Å². The molecule has 1 aliphatic carbocycles. The van der Waals surface area contributed by atoms with Crippen molar-refractivity contribution in [2.75, 3.05) is 25.5 Å². The number of thioether (sulfide) groups is 1. The fourth-order valence-electron chi connectivity index (χ4n) is 5.06. The molecule has 1 fully saturated rings. The highest BCUT2D eigenvalue weighted by Crippen LogP contribution is 2.39. The van der Waals surface area contributed by atoms with Gasteiger partial charge in [0.1, 0.15) is 13.2 Å². The van der Waals surface area contributed by atoms with Gasteiger partial charge in [-0.05, 0) is 67.3 Å². The lowest BCUT2D eigenvalue weighted by atomic mass is 9.90. The molecule has 34 heavy (non-hydrogen) atoms. The Labute approximate surface area is 206 Å². The molecule has 3 aromatic rings. The van der Waals surface area contributed by atoms with Gasteiger partial charge in [0, 0.05) is 11.4 Å². The average molecular weight is 498 g/mol. The van der Waals surface area contributed by atoms with Crippen LogP contribution in [-0.2, 0) is 17.6 Å². The summed E-state index contributed by atoms with van der Waals surface area (Å²) in [5.74, 6) is 3.18. The molecule has 0 unspecified atom stereocenters. The van der Waals surface area contributed by atoms with Crippen LogP contribution in [0.15, 0.2) is 33.9 Å². The van der Waals surface area contributed by atoms with Gasteiger partial charge in [0.2, 0.25) is 5.91 Å². The molecule has 2 aromatic heterocycles. The van der Waals surface area contributed by atoms with Crippen molar-refractivity contribution in [2.24, 2.45) is 5.92 Å². The lowest BCUT2D eigenvalue weighted by Gasteiger charge is -2.26. The predicted octanol–water partition coefficient (Wildman–Crippen LogP) is 5.15. The Hall–Kier alpha value is -2.52. The van der Waals surface area contributed by atoms with Gasteiger partial charge in [-0.1, -0.05) is 24.8 Å². The van der Waals surface area contributed by atoms with Crippen LogP contribution in [-0.4, -0.2) is 46.5 Å². The van der Waals surface area contributed by atoms with Gasteiger partial charge in [-0.25, -0.2) is 0 Å². The average Bonchev–Trinajstić information content (AvgIpc) is 3.61. The van der Waals surface area contributed by atoms with Crippen LogP contribution < -0.4 is 9.47 Å². The molecule has 7 nitrogen and oxygen atoms in total. The molecular weight excluding hydrogens is 470 g/mol. The summed E-state index contributed by atoms with van der Waals surface area (Å²) in [6.45, 7) is 4.19. The molecule has 0 spiro atoms. The number of hydrogen-bond donors (Lipinski definition) is 0. The predicted molar refractivity (Wildman–Crippen MR) is 131 cm³/mol. The minimum absolute atomic E-state index is 0.0574. The summed E-state index contributed by atoms with van der Waals surface area (Å²) >= 11 is 3.07. The number of likely N-dealkylation sites (tertiary alicyclic amines) is 1. The number of carbonyl (C=O) groups excluding carboxylic acids is 1. The standard InChI is InChI=1S/C25H27N3O4S2/c1-15-4-7-21-17(11-15)13-22(34-21)24-26-27-25(32-24)33-14-23(29)28-8-2-3-18(28)16-5-6-19-20(12-16)31-10-9-30-19/h5-6,12-13,15,18H,2-4,7-11,14H2,1H3/t15-,18+/m0/s1. The molecular formula is C25H27N3O4S2. The number of hydrogen-bond acceptors (Lipinski definition) is 8. The van der Waals surface area contributed by atoms with E-state index in [4.69, 9.17) is 13.9 Å². The third kappa shape index (κ3) is 4.31. The molecule has 1 amide bonds. The minimum Gasteiger partial charge on any atom is -0.486 e. The van der Waals surface area contributed by atoms with Gasteiger partial charge in [0.05, 0.1) is 16.7 Å². The molecule has 9 heteroatoms. The van der Waals surface area contributed by atoms with Crippen molar-refractivity contribution in [1.82, 2.24) is 15.1 Å². The van der Waals surface area contributed by atoms with Crippen molar-refractivity contribution in [3.05, 3.63) is 40.3 Å². The monoisotopic (exact) mass is 497 g/mol. The van der Waals surface area contributed by atoms with Crippen LogP contribution in [0, 0.1) is 5.92 Å². The van der Waals surface area contributed by atoms with E-state index < -0.39 is 0 Å². The first-order valence-corrected chi connectivity index (χ1v) is 13.7. The van der Waals surface area contributed by atoms with Crippen LogP contribution in [0.1, 0.15) is 48.2 Å². The van der Waals surface area contributed by atoms with E-state index in [9.17, 15) is 4.79 Å². The van der Waals surface area contributed by atoms with E-state index in [1.807, 2.05) is 23.1 Å². The number of fused-ring (bicyclic) bond motifs is 2. The molecule has 0 saturated carbocycles. The molecule has 2 aliphatic heterocycles. The fraction of sp³-hybridized carbons (Fsp3) is 0.480. The highest BCUT2D eigenvalue weighted by Gasteiger charge is 2.31. The Balaban J connectivity index is 1.10. The normalized spacial score (nSPS) is 21.5. The number of aromatic nitrogens is 2. The summed E-state index contributed by atoms with van der Waals surface area (Å²) in [6, 6.07) is 8.27. The van der Waals surface area contributed by atoms with Crippen LogP contribution in [0.25, 0.3) is 10.8 Å². The number of rotatable bonds is 5. The number of aryl methyl sites for hydroxylation is 1. The zero-order chi connectivity index (χ0) is 23.1. The second kappa shape index (κ2) is 9.26. The van der Waals surface area contributed by atoms with Crippen molar-refractivity contribution >= 4 is 29.0 Å². The fourth-order valence-corrected chi connectivity index (χ4v) is 6.84. The van der Waals surface area contributed by atoms with Gasteiger partial charge in [0.25, 0.3) is 11.1 Å². The Morgan fingerprint density at radius 1 is 1.18 bits per heavy atom. The van der Waals surface area contributed by atoms with Crippen LogP contribution in [0.2, 0.25) is 0 Å². The van der Waals surface area contributed by atoms with Gasteiger partial charge < -0.3 is 18.8 Å². The third-order valence-corrected chi connectivity index (χ3v) is 8.82. The second-order valence-electron chi connectivity index (χ2n) is 9.22. The van der Waals surface area contributed by atoms with Crippen LogP contribution in [0.3, 0.4) is 0 Å². The Bertz CT molecular complexity index is 1210. The van der Waals surface area contributed by atoms with E-state index in [1.54, 1.807) is 11.3 Å². The van der Waals surface area contributed by atoms with Crippen LogP contribution in [0.5, 0.6) is 11.5 Å². The molecule has 0 bridgehead atoms. The van der Waals surface area contributed by atoms with Gasteiger partial charge in [-0.2, -0.15) is 0 Å². The molecule has 3 aliphatic rings. The van der Waals surface area contributed by atoms with Crippen molar-refractivity contribution in [2.45, 2.75) is 50.3 Å². The number of ether oxygens (including phenoxy) is 2. The van der Waals surface area contributed by atoms with Crippen molar-refractivity contribution in [1.29, 1.82) is 0 Å². The zero-order valence-corrected chi connectivity index (χ0v) is 20.8. The molecule has 1 saturated heterocycles. The first kappa shape index (κ1) is 22.0. The number of amides is 1. The number of thiophene rings is 1. The van der Waals surface area contributed by atoms with E-state index >= 15 is 0 Å². The summed E-state index contributed by atoms with van der Waals surface area (Å²) in [4.78, 5) is 17.5. The maximum Gasteiger partial charge on any atom is 0.277 e. The van der Waals surface area contributed by atoms with E-state index in [0.29, 0.717) is 24.3 Å². The number of benzene rings is 1. The SMILES string of the molecule is C[C@H]1CCc2sc(-c3nnc(SCC(=O)N4CCC[C@@H]4c4ccc5c(c4)OCCO5)o3)cc2C1. The lowest BCUT2D eigenvalue weighted by molar-refractivity contribution is -0.129. The first-order valence-electron chi connectivity index (χ1n) is 11.9. The highest BCUT2D eigenvalue weighted by atomic mass is 32.2. The third-order valence-electron chi connectivity index (χ3n) is 6.79. The summed E-state index contributed by atoms with van der Waals surface area (Å²) in [5, 5.41) is 8.88. The number of nitrogens with zero attached hydrogens (tertiary/aromatic N) is 3. The van der Waals surface area contributed by atoms with Crippen molar-refractivity contribution < 1.29 is 18.7 Å². The van der Waals surface area contributed by atoms with E-state index in [2.05, 4.69) is 23.2 Å². The summed E-state index contributed by atoms with van der Waals surface area (Å²) in [6.07, 6.45) is 5.43. The Kier molecular flexibility index (Phi) is 5.99. The quantitative estimate of drug-likeness (QED) is 0.451. The second-order valence-corrected chi connectivity index (χ2v) is 11.3. The van der Waals surface area contributed by atoms with E-state index in [1.165, 1.54) is 28.6 Å². The van der Waals surface area contributed by atoms with Gasteiger partial charge in [-0.3, -0.25) is 4.79 Å². The maximum absolute atomic E-state index is 13.1. The minimum atomic E-state index is 0.0574. The first-order chi connectivity index (χ1) is 16.6. The highest BCUT2D eigenvalue weighted by molar-refractivity contribution is 7.99. The van der Waals surface area contributed by atoms with Crippen molar-refractivity contribution in [3.63, 3.8) is 0 Å². The van der Waals surface area contributed by atoms with E-state index in [0.717, 1.165) is 60.1 Å². The molecule has 1 aromatic carbocycles. The van der Waals surface area contributed by atoms with Gasteiger partial charge in [-0.15, -0.1) is 21.5 Å². The van der Waals surface area contributed by atoms with Crippen LogP contribution in [0.4, 0.5) is 0 Å². The molecule has 178 valence electrons. The Morgan fingerprint density at radius 3 is 2.97 bits per heavy atom. The zero-order valence-electron chi connectivity index (χ0n) is 19.1. The molecule has 2 atom stereocenters. The lowest BCUT2D eigenvalue weighted by Crippen LogP contribution is -2.32. The molecule has 6 rings (SSSR count). The topological polar surface area (TPSA) is 77.7 Å². The van der Waals surface area contributed by atoms with Crippen molar-refractivity contribution in [3.8, 4) is 22.3 Å². The number of carbonyl (C=O) groups is 1. The molecule has 0 N–H and O–H groups in total.